The fourth-order valence-corrected chi connectivity index (χ4v) is 10.8. The quantitative estimate of drug-likeness (QED) is 0.113. The second-order valence-electron chi connectivity index (χ2n) is 19.2. The number of hydrogen-bond donors (Lipinski definition) is 2. The lowest BCUT2D eigenvalue weighted by Crippen LogP contribution is -2.58. The maximum atomic E-state index is 14.4. The van der Waals surface area contributed by atoms with Crippen LogP contribution in [0.25, 0.3) is 0 Å². The molecule has 0 amide bonds. The number of rotatable bonds is 10. The first-order chi connectivity index (χ1) is 30.5. The van der Waals surface area contributed by atoms with Gasteiger partial charge in [0.05, 0.1) is 43.2 Å². The van der Waals surface area contributed by atoms with Crippen LogP contribution in [0.2, 0.25) is 0 Å². The molecule has 0 aromatic carbocycles. The van der Waals surface area contributed by atoms with Gasteiger partial charge in [0.2, 0.25) is 0 Å². The van der Waals surface area contributed by atoms with Crippen LogP contribution in [-0.4, -0.2) is 141 Å². The van der Waals surface area contributed by atoms with Gasteiger partial charge >= 0.3 is 5.97 Å². The summed E-state index contributed by atoms with van der Waals surface area (Å²) in [5, 5.41) is 27.4. The Morgan fingerprint density at radius 1 is 0.922 bits per heavy atom. The smallest absolute Gasteiger partial charge is 0.316 e. The summed E-state index contributed by atoms with van der Waals surface area (Å²) in [6.45, 7) is 19.7. The third-order valence-corrected chi connectivity index (χ3v) is 14.7. The number of hydrogen-bond acceptors (Lipinski definition) is 15. The van der Waals surface area contributed by atoms with Crippen molar-refractivity contribution in [3.63, 3.8) is 0 Å². The number of aliphatic hydroxyl groups excluding tert-OH is 1. The van der Waals surface area contributed by atoms with Crippen molar-refractivity contribution in [2.45, 2.75) is 191 Å². The highest BCUT2D eigenvalue weighted by molar-refractivity contribution is 5.78. The highest BCUT2D eigenvalue weighted by Gasteiger charge is 2.60. The van der Waals surface area contributed by atoms with E-state index in [2.05, 4.69) is 51.7 Å². The predicted molar refractivity (Wildman–Crippen MR) is 236 cm³/mol. The van der Waals surface area contributed by atoms with Crippen LogP contribution in [0.3, 0.4) is 0 Å². The van der Waals surface area contributed by atoms with E-state index in [0.717, 1.165) is 12.0 Å². The van der Waals surface area contributed by atoms with Gasteiger partial charge in [0.25, 0.3) is 0 Å². The number of oxime groups is 1. The number of carbonyl (C=O) groups is 1. The van der Waals surface area contributed by atoms with Crippen molar-refractivity contribution in [1.29, 1.82) is 0 Å². The zero-order valence-electron chi connectivity index (χ0n) is 39.3. The van der Waals surface area contributed by atoms with Crippen LogP contribution in [0.4, 0.5) is 0 Å². The average Bonchev–Trinajstić information content (AvgIpc) is 3.61. The van der Waals surface area contributed by atoms with Crippen molar-refractivity contribution >= 4 is 12.7 Å². The van der Waals surface area contributed by atoms with Gasteiger partial charge in [0, 0.05) is 58.5 Å². The first-order valence-corrected chi connectivity index (χ1v) is 23.3. The Bertz CT molecular complexity index is 1800. The van der Waals surface area contributed by atoms with E-state index in [0.29, 0.717) is 43.3 Å². The van der Waals surface area contributed by atoms with E-state index >= 15 is 0 Å². The van der Waals surface area contributed by atoms with Gasteiger partial charge < -0.3 is 62.4 Å². The average molecular weight is 900 g/mol. The first kappa shape index (κ1) is 49.1. The van der Waals surface area contributed by atoms with Crippen LogP contribution in [-0.2, 0) is 57.0 Å². The second kappa shape index (κ2) is 20.6. The molecule has 64 heavy (non-hydrogen) atoms. The van der Waals surface area contributed by atoms with Gasteiger partial charge in [-0.05, 0) is 62.8 Å². The van der Waals surface area contributed by atoms with Crippen LogP contribution in [0.15, 0.2) is 64.4 Å². The number of allylic oxidation sites excluding steroid dienone is 2. The highest BCUT2D eigenvalue weighted by atomic mass is 16.7. The van der Waals surface area contributed by atoms with Crippen LogP contribution >= 0.6 is 0 Å². The van der Waals surface area contributed by atoms with Crippen molar-refractivity contribution in [2.75, 3.05) is 20.8 Å². The Morgan fingerprint density at radius 3 is 2.30 bits per heavy atom. The Morgan fingerprint density at radius 2 is 1.61 bits per heavy atom. The van der Waals surface area contributed by atoms with Crippen LogP contribution in [0, 0.1) is 23.7 Å². The third kappa shape index (κ3) is 10.1. The number of nitrogens with zero attached hydrogens (tertiary/aromatic N) is 1. The maximum Gasteiger partial charge on any atom is 0.316 e. The molecular weight excluding hydrogens is 827 g/mol. The number of methoxy groups -OCH3 is 2. The van der Waals surface area contributed by atoms with E-state index in [1.807, 2.05) is 39.0 Å². The van der Waals surface area contributed by atoms with Gasteiger partial charge in [0.15, 0.2) is 24.5 Å². The summed E-state index contributed by atoms with van der Waals surface area (Å²) in [4.78, 5) is 19.8. The number of ether oxygens (including phenoxy) is 10. The van der Waals surface area contributed by atoms with E-state index in [4.69, 9.17) is 52.2 Å². The Balaban J connectivity index is 1.17. The number of fused-ring (bicyclic) bond motifs is 2. The van der Waals surface area contributed by atoms with E-state index in [9.17, 15) is 15.0 Å². The van der Waals surface area contributed by atoms with E-state index in [-0.39, 0.29) is 54.9 Å². The molecule has 2 bridgehead atoms. The summed E-state index contributed by atoms with van der Waals surface area (Å²) in [6, 6.07) is 0. The maximum absolute atomic E-state index is 14.4. The molecule has 1 unspecified atom stereocenters. The van der Waals surface area contributed by atoms with Crippen molar-refractivity contribution in [3.05, 3.63) is 59.3 Å². The Kier molecular flexibility index (Phi) is 15.8. The predicted octanol–water partition coefficient (Wildman–Crippen LogP) is 6.02. The van der Waals surface area contributed by atoms with Crippen molar-refractivity contribution in [2.24, 2.45) is 28.8 Å². The summed E-state index contributed by atoms with van der Waals surface area (Å²) in [7, 11) is 3.28. The van der Waals surface area contributed by atoms with E-state index in [1.54, 1.807) is 33.3 Å². The molecule has 7 aliphatic rings. The van der Waals surface area contributed by atoms with Gasteiger partial charge in [0.1, 0.15) is 42.0 Å². The van der Waals surface area contributed by atoms with Crippen LogP contribution in [0.1, 0.15) is 93.9 Å². The molecule has 15 nitrogen and oxygen atoms in total. The van der Waals surface area contributed by atoms with Gasteiger partial charge in [-0.3, -0.25) is 4.79 Å². The minimum Gasteiger partial charge on any atom is -0.462 e. The fourth-order valence-electron chi connectivity index (χ4n) is 10.8. The molecule has 0 aromatic heterocycles. The summed E-state index contributed by atoms with van der Waals surface area (Å²) in [5.41, 5.74) is 0.135. The lowest BCUT2D eigenvalue weighted by molar-refractivity contribution is -0.320. The van der Waals surface area contributed by atoms with Crippen molar-refractivity contribution < 1.29 is 67.2 Å². The molecule has 15 heteroatoms. The van der Waals surface area contributed by atoms with Gasteiger partial charge in [-0.2, -0.15) is 0 Å². The lowest BCUT2D eigenvalue weighted by atomic mass is 9.71. The van der Waals surface area contributed by atoms with Gasteiger partial charge in [-0.1, -0.05) is 70.6 Å². The molecule has 4 saturated heterocycles. The highest BCUT2D eigenvalue weighted by Crippen LogP contribution is 2.47. The largest absolute Gasteiger partial charge is 0.462 e. The molecule has 358 valence electrons. The summed E-state index contributed by atoms with van der Waals surface area (Å²) >= 11 is 0. The van der Waals surface area contributed by atoms with Crippen LogP contribution < -0.4 is 0 Å². The summed E-state index contributed by atoms with van der Waals surface area (Å²) in [6.07, 6.45) is 9.20. The second-order valence-corrected chi connectivity index (χ2v) is 19.2. The molecule has 4 fully saturated rings. The zero-order chi connectivity index (χ0) is 46.1. The van der Waals surface area contributed by atoms with Crippen molar-refractivity contribution in [1.82, 2.24) is 0 Å². The number of carbonyl (C=O) groups excluding carboxylic acids is 1. The molecule has 1 aliphatic carbocycles. The summed E-state index contributed by atoms with van der Waals surface area (Å²) < 4.78 is 64.3. The Hall–Kier alpha value is -2.80. The minimum atomic E-state index is -1.84. The number of esters is 1. The van der Waals surface area contributed by atoms with E-state index in [1.165, 1.54) is 0 Å². The molecule has 0 radical (unpaired) electrons. The molecule has 0 saturated carbocycles. The molecule has 2 N–H and O–H groups in total. The monoisotopic (exact) mass is 900 g/mol. The van der Waals surface area contributed by atoms with E-state index < -0.39 is 78.6 Å². The lowest BCUT2D eigenvalue weighted by Gasteiger charge is -2.48. The molecule has 7 rings (SSSR count). The molecular formula is C49H73NO14. The van der Waals surface area contributed by atoms with Crippen LogP contribution in [0.5, 0.6) is 0 Å². The molecule has 20 atom stereocenters. The molecule has 0 aromatic rings. The first-order valence-electron chi connectivity index (χ1n) is 23.3. The van der Waals surface area contributed by atoms with Gasteiger partial charge in [-0.15, -0.1) is 5.16 Å². The number of aliphatic hydroxyl groups is 2. The molecule has 1 spiro atoms. The molecule has 6 aliphatic heterocycles. The Labute approximate surface area is 379 Å². The zero-order valence-corrected chi connectivity index (χ0v) is 39.3. The topological polar surface area (TPSA) is 171 Å². The SMILES string of the molecule is C=NO[C@H]1[C@H](C)O[C@@H](O[C@H]2[C@H](C)O[C@@H](O[C@@H]3/C(C)=C/C[C@@H]4C[C@@H](C[C@]5(C=C[C@H](C)[C@@H](C(C)CC)O5)O4)OC(=O)[C@@H]4C=C(C)[C@@H](O)[C@H]5OC/C(=C\C=C\[C@@H]3C)[C@]54O)C[C@@H]2OC)C[C@@H]1OC. The fraction of sp³-hybridized carbons (Fsp3) is 0.755. The molecule has 6 heterocycles. The van der Waals surface area contributed by atoms with Gasteiger partial charge in [-0.25, -0.2) is 0 Å². The van der Waals surface area contributed by atoms with Crippen molar-refractivity contribution in [3.8, 4) is 0 Å². The minimum absolute atomic E-state index is 0.0315. The normalized spacial score (nSPS) is 47.8. The summed E-state index contributed by atoms with van der Waals surface area (Å²) in [5.74, 6) is -2.57. The third-order valence-electron chi connectivity index (χ3n) is 14.7. The standard InChI is InChI=1S/C49H73NO14/c1-12-26(2)43-29(5)18-19-48(63-43)24-35-21-34(62-48)17-16-28(4)42(27(3)14-13-15-33-25-56-46-41(51)30(6)20-36(47(52)59-35)49(33,46)53)60-39-22-37(54-10)44(31(7)57-39)61-40-23-38(55-11)45(64-50-9)32(8)58-40/h13-16,18-20,26-27,29,31-32,34-46,51,53H,9,12,17,21-25H2,1-8,10-11H3/b14-13+,28-16+,33-15+/t26?,27-,29-,31-,32-,34+,35-,36-,37-,38-,39-,40-,41+,42-,43+,44-,45-,46+,48+,49+/m0/s1.